The van der Waals surface area contributed by atoms with Gasteiger partial charge in [0.15, 0.2) is 0 Å². The van der Waals surface area contributed by atoms with Crippen LogP contribution < -0.4 is 5.32 Å². The van der Waals surface area contributed by atoms with Gasteiger partial charge in [0.2, 0.25) is 5.91 Å². The van der Waals surface area contributed by atoms with Gasteiger partial charge in [0.1, 0.15) is 6.04 Å². The van der Waals surface area contributed by atoms with Crippen molar-refractivity contribution in [3.8, 4) is 0 Å². The number of amides is 1. The fourth-order valence-corrected chi connectivity index (χ4v) is 2.91. The highest BCUT2D eigenvalue weighted by atomic mass is 16.5. The van der Waals surface area contributed by atoms with Crippen LogP contribution in [0.1, 0.15) is 35.1 Å². The van der Waals surface area contributed by atoms with E-state index < -0.39 is 17.9 Å². The molecule has 2 unspecified atom stereocenters. The number of hydrogen-bond acceptors (Lipinski definition) is 3. The molecule has 0 heterocycles. The van der Waals surface area contributed by atoms with E-state index in [2.05, 4.69) is 5.32 Å². The molecule has 0 aliphatic rings. The van der Waals surface area contributed by atoms with Crippen LogP contribution in [-0.2, 0) is 14.3 Å². The van der Waals surface area contributed by atoms with Crippen LogP contribution >= 0.6 is 0 Å². The van der Waals surface area contributed by atoms with Crippen molar-refractivity contribution in [1.82, 2.24) is 5.32 Å². The van der Waals surface area contributed by atoms with Gasteiger partial charge >= 0.3 is 5.97 Å². The maximum atomic E-state index is 13.0. The monoisotopic (exact) mass is 325 g/mol. The number of ether oxygens (including phenoxy) is 1. The third-order valence-electron chi connectivity index (χ3n) is 4.14. The van der Waals surface area contributed by atoms with Crippen molar-refractivity contribution < 1.29 is 14.3 Å². The van der Waals surface area contributed by atoms with Crippen molar-refractivity contribution in [2.45, 2.75) is 32.7 Å². The summed E-state index contributed by atoms with van der Waals surface area (Å²) in [6, 6.07) is 14.9. The number of aryl methyl sites for hydroxylation is 2. The zero-order valence-electron chi connectivity index (χ0n) is 14.5. The van der Waals surface area contributed by atoms with Gasteiger partial charge in [-0.1, -0.05) is 48.5 Å². The first-order valence-electron chi connectivity index (χ1n) is 7.95. The van der Waals surface area contributed by atoms with Crippen molar-refractivity contribution in [3.05, 3.63) is 70.8 Å². The highest BCUT2D eigenvalue weighted by molar-refractivity contribution is 5.91. The first-order valence-corrected chi connectivity index (χ1v) is 7.95. The fourth-order valence-electron chi connectivity index (χ4n) is 2.91. The standard InChI is InChI=1S/C20H23NO3/c1-13-9-8-10-14(2)17(13)18(16-11-6-5-7-12-16)19(22)21-15(3)20(23)24-4/h5-12,15,18H,1-4H3,(H,21,22). The summed E-state index contributed by atoms with van der Waals surface area (Å²) in [5, 5.41) is 2.77. The lowest BCUT2D eigenvalue weighted by Gasteiger charge is -2.23. The predicted octanol–water partition coefficient (Wildman–Crippen LogP) is 3.11. The predicted molar refractivity (Wildman–Crippen MR) is 93.8 cm³/mol. The molecule has 2 rings (SSSR count). The lowest BCUT2D eigenvalue weighted by Crippen LogP contribution is -2.42. The third kappa shape index (κ3) is 3.82. The zero-order chi connectivity index (χ0) is 17.7. The highest BCUT2D eigenvalue weighted by Gasteiger charge is 2.28. The van der Waals surface area contributed by atoms with E-state index in [0.717, 1.165) is 22.3 Å². The molecule has 2 aromatic carbocycles. The van der Waals surface area contributed by atoms with E-state index in [9.17, 15) is 9.59 Å². The van der Waals surface area contributed by atoms with E-state index in [1.807, 2.05) is 62.4 Å². The van der Waals surface area contributed by atoms with Crippen LogP contribution in [-0.4, -0.2) is 25.0 Å². The topological polar surface area (TPSA) is 55.4 Å². The first kappa shape index (κ1) is 17.7. The molecule has 0 aromatic heterocycles. The normalized spacial score (nSPS) is 13.0. The molecule has 2 atom stereocenters. The number of benzene rings is 2. The number of rotatable bonds is 5. The average molecular weight is 325 g/mol. The smallest absolute Gasteiger partial charge is 0.328 e. The Balaban J connectivity index is 2.45. The molecular formula is C20H23NO3. The maximum absolute atomic E-state index is 13.0. The molecular weight excluding hydrogens is 302 g/mol. The fraction of sp³-hybridized carbons (Fsp3) is 0.300. The molecule has 1 N–H and O–H groups in total. The second-order valence-corrected chi connectivity index (χ2v) is 5.90. The summed E-state index contributed by atoms with van der Waals surface area (Å²) in [7, 11) is 1.31. The Labute approximate surface area is 142 Å². The minimum Gasteiger partial charge on any atom is -0.467 e. The van der Waals surface area contributed by atoms with Crippen LogP contribution in [0.2, 0.25) is 0 Å². The van der Waals surface area contributed by atoms with Crippen LogP contribution in [0.5, 0.6) is 0 Å². The van der Waals surface area contributed by atoms with E-state index in [1.54, 1.807) is 6.92 Å². The number of methoxy groups -OCH3 is 1. The molecule has 2 aromatic rings. The van der Waals surface area contributed by atoms with Crippen molar-refractivity contribution >= 4 is 11.9 Å². The summed E-state index contributed by atoms with van der Waals surface area (Å²) in [5.41, 5.74) is 3.96. The maximum Gasteiger partial charge on any atom is 0.328 e. The van der Waals surface area contributed by atoms with Gasteiger partial charge in [-0.15, -0.1) is 0 Å². The number of esters is 1. The molecule has 126 valence electrons. The minimum absolute atomic E-state index is 0.212. The van der Waals surface area contributed by atoms with E-state index >= 15 is 0 Å². The van der Waals surface area contributed by atoms with Crippen molar-refractivity contribution in [2.75, 3.05) is 7.11 Å². The summed E-state index contributed by atoms with van der Waals surface area (Å²) in [5.74, 6) is -1.15. The lowest BCUT2D eigenvalue weighted by atomic mass is 9.85. The summed E-state index contributed by atoms with van der Waals surface area (Å²) in [4.78, 5) is 24.6. The van der Waals surface area contributed by atoms with Gasteiger partial charge in [0.05, 0.1) is 13.0 Å². The Bertz CT molecular complexity index is 705. The van der Waals surface area contributed by atoms with Gasteiger partial charge in [0.25, 0.3) is 0 Å². The molecule has 1 amide bonds. The second-order valence-electron chi connectivity index (χ2n) is 5.90. The SMILES string of the molecule is COC(=O)C(C)NC(=O)C(c1ccccc1)c1c(C)cccc1C. The molecule has 0 radical (unpaired) electrons. The Morgan fingerprint density at radius 2 is 1.54 bits per heavy atom. The van der Waals surface area contributed by atoms with Gasteiger partial charge in [-0.3, -0.25) is 4.79 Å². The lowest BCUT2D eigenvalue weighted by molar-refractivity contribution is -0.144. The van der Waals surface area contributed by atoms with Gasteiger partial charge in [0, 0.05) is 0 Å². The van der Waals surface area contributed by atoms with Gasteiger partial charge in [-0.05, 0) is 43.0 Å². The molecule has 24 heavy (non-hydrogen) atoms. The van der Waals surface area contributed by atoms with E-state index in [-0.39, 0.29) is 5.91 Å². The summed E-state index contributed by atoms with van der Waals surface area (Å²) in [6.07, 6.45) is 0. The van der Waals surface area contributed by atoms with Crippen molar-refractivity contribution in [1.29, 1.82) is 0 Å². The van der Waals surface area contributed by atoms with Gasteiger partial charge in [-0.25, -0.2) is 4.79 Å². The second kappa shape index (κ2) is 7.77. The highest BCUT2D eigenvalue weighted by Crippen LogP contribution is 2.30. The number of carbonyl (C=O) groups excluding carboxylic acids is 2. The summed E-state index contributed by atoms with van der Waals surface area (Å²) >= 11 is 0. The number of hydrogen-bond donors (Lipinski definition) is 1. The van der Waals surface area contributed by atoms with Crippen LogP contribution in [0.3, 0.4) is 0 Å². The van der Waals surface area contributed by atoms with Gasteiger partial charge in [-0.2, -0.15) is 0 Å². The van der Waals surface area contributed by atoms with E-state index in [1.165, 1.54) is 7.11 Å². The Kier molecular flexibility index (Phi) is 5.74. The van der Waals surface area contributed by atoms with Crippen molar-refractivity contribution in [2.24, 2.45) is 0 Å². The van der Waals surface area contributed by atoms with Crippen molar-refractivity contribution in [3.63, 3.8) is 0 Å². The molecule has 0 saturated carbocycles. The van der Waals surface area contributed by atoms with E-state index in [0.29, 0.717) is 0 Å². The number of nitrogens with one attached hydrogen (secondary N) is 1. The Morgan fingerprint density at radius 1 is 0.958 bits per heavy atom. The largest absolute Gasteiger partial charge is 0.467 e. The molecule has 0 aliphatic carbocycles. The van der Waals surface area contributed by atoms with Crippen LogP contribution in [0.25, 0.3) is 0 Å². The molecule has 0 fully saturated rings. The molecule has 0 saturated heterocycles. The molecule has 0 bridgehead atoms. The molecule has 0 aliphatic heterocycles. The quantitative estimate of drug-likeness (QED) is 0.859. The third-order valence-corrected chi connectivity index (χ3v) is 4.14. The first-order chi connectivity index (χ1) is 11.5. The molecule has 0 spiro atoms. The average Bonchev–Trinajstić information content (AvgIpc) is 2.58. The zero-order valence-corrected chi connectivity index (χ0v) is 14.5. The van der Waals surface area contributed by atoms with E-state index in [4.69, 9.17) is 4.74 Å². The van der Waals surface area contributed by atoms with Crippen LogP contribution in [0, 0.1) is 13.8 Å². The molecule has 4 heteroatoms. The Hall–Kier alpha value is -2.62. The Morgan fingerprint density at radius 3 is 2.08 bits per heavy atom. The van der Waals surface area contributed by atoms with Gasteiger partial charge < -0.3 is 10.1 Å². The summed E-state index contributed by atoms with van der Waals surface area (Å²) < 4.78 is 4.70. The molecule has 4 nitrogen and oxygen atoms in total. The minimum atomic E-state index is -0.696. The summed E-state index contributed by atoms with van der Waals surface area (Å²) in [6.45, 7) is 5.61. The van der Waals surface area contributed by atoms with Crippen LogP contribution in [0.4, 0.5) is 0 Å². The van der Waals surface area contributed by atoms with Crippen LogP contribution in [0.15, 0.2) is 48.5 Å². The number of carbonyl (C=O) groups is 2.